The molecule has 2 heterocycles. The second-order valence-corrected chi connectivity index (χ2v) is 18.2. The van der Waals surface area contributed by atoms with Crippen LogP contribution in [-0.2, 0) is 39.8 Å². The molecule has 0 bridgehead atoms. The smallest absolute Gasteiger partial charge is 0.311 e. The molecule has 2 aliphatic carbocycles. The Balaban J connectivity index is 0.986. The summed E-state index contributed by atoms with van der Waals surface area (Å²) >= 11 is 6.08. The Bertz CT molecular complexity index is 2120. The molecule has 3 N–H and O–H groups in total. The van der Waals surface area contributed by atoms with Gasteiger partial charge in [-0.25, -0.2) is 0 Å². The zero-order chi connectivity index (χ0) is 44.0. The van der Waals surface area contributed by atoms with Crippen molar-refractivity contribution in [2.24, 2.45) is 29.1 Å². The standard InChI is InChI=1S/C48H61ClN2O10/c1-28-22-32-11-10-29(2)37(9-7-8-36-24-34(52)25-44(55)60-36)45(32)41(23-28)61-47(57)48(4,5)19-18-42(53)50-20-21-59-43(54)27-38-30(3)51(40-17-16-35(58-6)26-39(38)40)46(56)31-12-14-33(49)15-13-31/h10-17,22,26,28-29,34,36-37,41,45-46,52,56H,7-9,18-21,23-25,27H2,1-6H3,(H,50,53)/t28-,29-,34+,36+,37-,41-,45-,46?/m0/s1. The predicted molar refractivity (Wildman–Crippen MR) is 232 cm³/mol. The summed E-state index contributed by atoms with van der Waals surface area (Å²) in [6.45, 7) is 9.84. The number of hydrogen-bond donors (Lipinski definition) is 3. The van der Waals surface area contributed by atoms with Gasteiger partial charge in [0.15, 0.2) is 6.23 Å². The predicted octanol–water partition coefficient (Wildman–Crippen LogP) is 7.71. The SMILES string of the molecule is COc1ccc2c(c1)c(CC(=O)OCCNC(=O)CCC(C)(C)C(=O)O[C@H]1C[C@@H](C)C=C3C=C[C@H](C)[C@H](CCC[C@@H]4C[C@@H](O)CC(=O)O4)[C@H]31)c(C)n2C(O)c1ccc(Cl)cc1. The number of allylic oxidation sites excluding steroid dienone is 3. The van der Waals surface area contributed by atoms with E-state index in [4.69, 9.17) is 30.5 Å². The summed E-state index contributed by atoms with van der Waals surface area (Å²) in [7, 11) is 1.56. The molecule has 0 radical (unpaired) electrons. The van der Waals surface area contributed by atoms with Gasteiger partial charge >= 0.3 is 17.9 Å². The summed E-state index contributed by atoms with van der Waals surface area (Å²) in [5.74, 6) is -0.0739. The maximum atomic E-state index is 13.8. The number of esters is 3. The number of halogens is 1. The second-order valence-electron chi connectivity index (χ2n) is 17.7. The van der Waals surface area contributed by atoms with E-state index in [0.29, 0.717) is 46.9 Å². The Morgan fingerprint density at radius 1 is 1.08 bits per heavy atom. The maximum absolute atomic E-state index is 13.8. The van der Waals surface area contributed by atoms with Crippen molar-refractivity contribution in [1.29, 1.82) is 0 Å². The van der Waals surface area contributed by atoms with Crippen molar-refractivity contribution in [1.82, 2.24) is 9.88 Å². The largest absolute Gasteiger partial charge is 0.497 e. The van der Waals surface area contributed by atoms with Crippen molar-refractivity contribution in [3.63, 3.8) is 0 Å². The summed E-state index contributed by atoms with van der Waals surface area (Å²) in [5.41, 5.74) is 3.01. The molecule has 1 unspecified atom stereocenters. The summed E-state index contributed by atoms with van der Waals surface area (Å²) in [6.07, 6.45) is 8.30. The van der Waals surface area contributed by atoms with Crippen LogP contribution in [0.1, 0.15) is 102 Å². The first-order valence-electron chi connectivity index (χ1n) is 21.6. The minimum Gasteiger partial charge on any atom is -0.497 e. The number of aliphatic hydroxyl groups excluding tert-OH is 2. The van der Waals surface area contributed by atoms with E-state index in [-0.39, 0.29) is 92.6 Å². The normalized spacial score (nSPS) is 24.3. The lowest BCUT2D eigenvalue weighted by atomic mass is 9.65. The van der Waals surface area contributed by atoms with E-state index in [9.17, 15) is 29.4 Å². The molecule has 3 aliphatic rings. The number of hydrogen-bond acceptors (Lipinski definition) is 10. The van der Waals surface area contributed by atoms with Gasteiger partial charge in [-0.15, -0.1) is 0 Å². The fourth-order valence-corrected chi connectivity index (χ4v) is 9.37. The van der Waals surface area contributed by atoms with Gasteiger partial charge in [0.25, 0.3) is 0 Å². The number of cyclic esters (lactones) is 1. The van der Waals surface area contributed by atoms with Gasteiger partial charge in [-0.05, 0) is 112 Å². The highest BCUT2D eigenvalue weighted by atomic mass is 35.5. The average molecular weight is 861 g/mol. The van der Waals surface area contributed by atoms with E-state index < -0.39 is 23.7 Å². The molecular formula is C48H61ClN2O10. The number of benzene rings is 2. The van der Waals surface area contributed by atoms with Gasteiger partial charge in [0.2, 0.25) is 5.91 Å². The van der Waals surface area contributed by atoms with Gasteiger partial charge in [0.05, 0.1) is 43.5 Å². The number of nitrogens with zero attached hydrogens (tertiary/aromatic N) is 1. The number of methoxy groups -OCH3 is 1. The molecule has 6 rings (SSSR count). The van der Waals surface area contributed by atoms with Crippen molar-refractivity contribution in [3.05, 3.63) is 88.1 Å². The lowest BCUT2D eigenvalue weighted by molar-refractivity contribution is -0.165. The Kier molecular flexibility index (Phi) is 15.1. The van der Waals surface area contributed by atoms with E-state index in [0.717, 1.165) is 23.7 Å². The first-order valence-corrected chi connectivity index (χ1v) is 21.9. The van der Waals surface area contributed by atoms with Crippen LogP contribution in [0.25, 0.3) is 10.9 Å². The highest BCUT2D eigenvalue weighted by Gasteiger charge is 2.43. The minimum absolute atomic E-state index is 0.0350. The van der Waals surface area contributed by atoms with Crippen molar-refractivity contribution in [2.45, 2.75) is 117 Å². The minimum atomic E-state index is -1.03. The molecule has 0 spiro atoms. The molecule has 1 aliphatic heterocycles. The summed E-state index contributed by atoms with van der Waals surface area (Å²) in [6, 6.07) is 12.4. The van der Waals surface area contributed by atoms with E-state index in [1.807, 2.05) is 19.1 Å². The molecule has 61 heavy (non-hydrogen) atoms. The Morgan fingerprint density at radius 3 is 2.56 bits per heavy atom. The van der Waals surface area contributed by atoms with Crippen LogP contribution < -0.4 is 10.1 Å². The Hall–Kier alpha value is -4.65. The van der Waals surface area contributed by atoms with Gasteiger partial charge < -0.3 is 39.0 Å². The van der Waals surface area contributed by atoms with Gasteiger partial charge in [0, 0.05) is 40.4 Å². The van der Waals surface area contributed by atoms with Crippen molar-refractivity contribution >= 4 is 46.3 Å². The zero-order valence-corrected chi connectivity index (χ0v) is 36.9. The van der Waals surface area contributed by atoms with Crippen LogP contribution >= 0.6 is 11.6 Å². The van der Waals surface area contributed by atoms with Crippen LogP contribution in [0.4, 0.5) is 0 Å². The third-order valence-corrected chi connectivity index (χ3v) is 12.9. The van der Waals surface area contributed by atoms with Crippen molar-refractivity contribution < 1.29 is 48.3 Å². The molecule has 1 aromatic heterocycles. The van der Waals surface area contributed by atoms with E-state index in [1.54, 1.807) is 55.9 Å². The molecule has 8 atom stereocenters. The molecule has 1 fully saturated rings. The summed E-state index contributed by atoms with van der Waals surface area (Å²) < 4.78 is 24.6. The number of carbonyl (C=O) groups excluding carboxylic acids is 4. The monoisotopic (exact) mass is 860 g/mol. The van der Waals surface area contributed by atoms with E-state index >= 15 is 0 Å². The topological polar surface area (TPSA) is 163 Å². The van der Waals surface area contributed by atoms with Crippen molar-refractivity contribution in [2.75, 3.05) is 20.3 Å². The number of ether oxygens (including phenoxy) is 4. The lowest BCUT2D eigenvalue weighted by Gasteiger charge is -2.44. The zero-order valence-electron chi connectivity index (χ0n) is 36.2. The molecule has 2 aromatic carbocycles. The van der Waals surface area contributed by atoms with Gasteiger partial charge in [-0.1, -0.05) is 55.8 Å². The van der Waals surface area contributed by atoms with Crippen LogP contribution in [0.15, 0.2) is 66.3 Å². The van der Waals surface area contributed by atoms with Gasteiger partial charge in [0.1, 0.15) is 24.6 Å². The quantitative estimate of drug-likeness (QED) is 0.0697. The number of amides is 1. The van der Waals surface area contributed by atoms with Crippen LogP contribution in [0.2, 0.25) is 5.02 Å². The molecule has 0 saturated carbocycles. The highest BCUT2D eigenvalue weighted by Crippen LogP contribution is 2.46. The summed E-state index contributed by atoms with van der Waals surface area (Å²) in [5, 5.41) is 25.5. The number of nitrogens with one attached hydrogen (secondary N) is 1. The molecule has 12 nitrogen and oxygen atoms in total. The van der Waals surface area contributed by atoms with Crippen LogP contribution in [0.5, 0.6) is 5.75 Å². The number of fused-ring (bicyclic) bond motifs is 2. The first-order chi connectivity index (χ1) is 29.0. The van der Waals surface area contributed by atoms with Gasteiger partial charge in [-0.2, -0.15) is 0 Å². The van der Waals surface area contributed by atoms with Crippen LogP contribution in [0.3, 0.4) is 0 Å². The molecule has 330 valence electrons. The molecule has 13 heteroatoms. The Morgan fingerprint density at radius 2 is 1.84 bits per heavy atom. The van der Waals surface area contributed by atoms with Crippen LogP contribution in [-0.4, -0.2) is 77.2 Å². The highest BCUT2D eigenvalue weighted by molar-refractivity contribution is 6.30. The molecular weight excluding hydrogens is 800 g/mol. The second kappa shape index (κ2) is 20.0. The van der Waals surface area contributed by atoms with E-state index in [2.05, 4.69) is 37.4 Å². The Labute approximate surface area is 363 Å². The van der Waals surface area contributed by atoms with E-state index in [1.165, 1.54) is 5.57 Å². The maximum Gasteiger partial charge on any atom is 0.311 e. The molecule has 3 aromatic rings. The number of carbonyl (C=O) groups is 4. The van der Waals surface area contributed by atoms with Crippen molar-refractivity contribution in [3.8, 4) is 5.75 Å². The van der Waals surface area contributed by atoms with Crippen LogP contribution in [0, 0.1) is 36.0 Å². The number of rotatable bonds is 17. The third-order valence-electron chi connectivity index (χ3n) is 12.7. The fourth-order valence-electron chi connectivity index (χ4n) is 9.24. The third kappa shape index (κ3) is 11.2. The number of aliphatic hydroxyl groups is 2. The molecule has 1 saturated heterocycles. The number of aromatic nitrogens is 1. The van der Waals surface area contributed by atoms with Gasteiger partial charge in [-0.3, -0.25) is 19.2 Å². The molecule has 1 amide bonds. The average Bonchev–Trinajstić information content (AvgIpc) is 3.48. The fraction of sp³-hybridized carbons (Fsp3) is 0.542. The lowest BCUT2D eigenvalue weighted by Crippen LogP contribution is -2.43. The first kappa shape index (κ1) is 45.9. The summed E-state index contributed by atoms with van der Waals surface area (Å²) in [4.78, 5) is 51.8.